The summed E-state index contributed by atoms with van der Waals surface area (Å²) in [5.41, 5.74) is 0.163. The van der Waals surface area contributed by atoms with Crippen molar-refractivity contribution >= 4 is 17.7 Å². The topological polar surface area (TPSA) is 76.2 Å². The van der Waals surface area contributed by atoms with Crippen LogP contribution in [0, 0.1) is 11.6 Å². The van der Waals surface area contributed by atoms with Gasteiger partial charge in [0.2, 0.25) is 11.7 Å². The summed E-state index contributed by atoms with van der Waals surface area (Å²) in [6.07, 6.45) is 0. The number of benzene rings is 1. The molecule has 5 nitrogen and oxygen atoms in total. The zero-order chi connectivity index (χ0) is 13.8. The summed E-state index contributed by atoms with van der Waals surface area (Å²) < 4.78 is 30.9. The summed E-state index contributed by atoms with van der Waals surface area (Å²) >= 11 is 1.09. The maximum atomic E-state index is 13.0. The van der Waals surface area contributed by atoms with Crippen molar-refractivity contribution in [2.75, 3.05) is 5.75 Å². The number of carboxylic acids is 1. The van der Waals surface area contributed by atoms with Gasteiger partial charge in [0.1, 0.15) is 11.6 Å². The Morgan fingerprint density at radius 3 is 2.63 bits per heavy atom. The number of thioether (sulfide) groups is 1. The minimum Gasteiger partial charge on any atom is -0.481 e. The Morgan fingerprint density at radius 2 is 2.00 bits per heavy atom. The largest absolute Gasteiger partial charge is 0.481 e. The van der Waals surface area contributed by atoms with E-state index in [0.717, 1.165) is 30.0 Å². The third kappa shape index (κ3) is 3.75. The molecule has 0 saturated heterocycles. The lowest BCUT2D eigenvalue weighted by atomic mass is 10.2. The summed E-state index contributed by atoms with van der Waals surface area (Å²) in [7, 11) is 0. The van der Waals surface area contributed by atoms with Crippen LogP contribution in [0.15, 0.2) is 22.7 Å². The van der Waals surface area contributed by atoms with Gasteiger partial charge in [-0.15, -0.1) is 11.8 Å². The van der Waals surface area contributed by atoms with E-state index in [4.69, 9.17) is 9.63 Å². The van der Waals surface area contributed by atoms with Crippen LogP contribution in [0.25, 0.3) is 11.4 Å². The Kier molecular flexibility index (Phi) is 4.10. The third-order valence-corrected chi connectivity index (χ3v) is 2.94. The molecule has 1 heterocycles. The van der Waals surface area contributed by atoms with E-state index in [9.17, 15) is 13.6 Å². The molecule has 0 saturated carbocycles. The molecule has 0 aliphatic heterocycles. The smallest absolute Gasteiger partial charge is 0.313 e. The Morgan fingerprint density at radius 1 is 1.32 bits per heavy atom. The Bertz CT molecular complexity index is 583. The number of aromatic nitrogens is 2. The van der Waals surface area contributed by atoms with Gasteiger partial charge in [-0.1, -0.05) is 5.16 Å². The Balaban J connectivity index is 2.09. The van der Waals surface area contributed by atoms with E-state index in [0.29, 0.717) is 0 Å². The second-order valence-electron chi connectivity index (χ2n) is 3.56. The highest BCUT2D eigenvalue weighted by molar-refractivity contribution is 7.99. The zero-order valence-electron chi connectivity index (χ0n) is 9.47. The predicted octanol–water partition coefficient (Wildman–Crippen LogP) is 2.33. The quantitative estimate of drug-likeness (QED) is 0.909. The first-order chi connectivity index (χ1) is 9.04. The molecule has 19 heavy (non-hydrogen) atoms. The van der Waals surface area contributed by atoms with Crippen LogP contribution in [0.1, 0.15) is 5.89 Å². The molecule has 1 N–H and O–H groups in total. The minimum absolute atomic E-state index is 0.0596. The molecule has 1 aromatic heterocycles. The Labute approximate surface area is 110 Å². The standard InChI is InChI=1S/C11H8F2N2O3S/c12-7-1-6(2-8(13)3-7)11-14-9(18-15-11)4-19-5-10(16)17/h1-3H,4-5H2,(H,16,17). The SMILES string of the molecule is O=C(O)CSCc1nc(-c2cc(F)cc(F)c2)no1. The molecule has 2 rings (SSSR count). The molecule has 0 amide bonds. The van der Waals surface area contributed by atoms with Crippen LogP contribution in [-0.4, -0.2) is 27.0 Å². The fraction of sp³-hybridized carbons (Fsp3) is 0.182. The zero-order valence-corrected chi connectivity index (χ0v) is 10.3. The van der Waals surface area contributed by atoms with Gasteiger partial charge in [-0.05, 0) is 12.1 Å². The first-order valence-corrected chi connectivity index (χ1v) is 6.28. The van der Waals surface area contributed by atoms with Crippen molar-refractivity contribution < 1.29 is 23.2 Å². The highest BCUT2D eigenvalue weighted by atomic mass is 32.2. The molecule has 8 heteroatoms. The van der Waals surface area contributed by atoms with Gasteiger partial charge < -0.3 is 9.63 Å². The second kappa shape index (κ2) is 5.79. The average Bonchev–Trinajstić information content (AvgIpc) is 2.76. The van der Waals surface area contributed by atoms with E-state index in [2.05, 4.69) is 10.1 Å². The minimum atomic E-state index is -0.947. The first kappa shape index (κ1) is 13.5. The van der Waals surface area contributed by atoms with E-state index in [1.54, 1.807) is 0 Å². The molecule has 0 radical (unpaired) electrons. The summed E-state index contributed by atoms with van der Waals surface area (Å²) in [6.45, 7) is 0. The lowest BCUT2D eigenvalue weighted by Crippen LogP contribution is -1.98. The van der Waals surface area contributed by atoms with Gasteiger partial charge in [-0.2, -0.15) is 4.98 Å². The third-order valence-electron chi connectivity index (χ3n) is 2.04. The number of halogens is 2. The number of carboxylic acid groups (broad SMARTS) is 1. The predicted molar refractivity (Wildman–Crippen MR) is 63.4 cm³/mol. The lowest BCUT2D eigenvalue weighted by Gasteiger charge is -1.95. The molecule has 2 aromatic rings. The number of aliphatic carboxylic acids is 1. The van der Waals surface area contributed by atoms with Crippen molar-refractivity contribution in [3.05, 3.63) is 35.7 Å². The van der Waals surface area contributed by atoms with Crippen molar-refractivity contribution in [2.45, 2.75) is 5.75 Å². The van der Waals surface area contributed by atoms with Gasteiger partial charge >= 0.3 is 5.97 Å². The lowest BCUT2D eigenvalue weighted by molar-refractivity contribution is -0.133. The van der Waals surface area contributed by atoms with Crippen molar-refractivity contribution in [1.29, 1.82) is 0 Å². The van der Waals surface area contributed by atoms with E-state index >= 15 is 0 Å². The number of nitrogens with zero attached hydrogens (tertiary/aromatic N) is 2. The van der Waals surface area contributed by atoms with Crippen LogP contribution in [0.5, 0.6) is 0 Å². The average molecular weight is 286 g/mol. The monoisotopic (exact) mass is 286 g/mol. The van der Waals surface area contributed by atoms with E-state index in [-0.39, 0.29) is 28.8 Å². The fourth-order valence-corrected chi connectivity index (χ4v) is 1.91. The van der Waals surface area contributed by atoms with E-state index < -0.39 is 17.6 Å². The second-order valence-corrected chi connectivity index (χ2v) is 4.54. The first-order valence-electron chi connectivity index (χ1n) is 5.13. The van der Waals surface area contributed by atoms with Crippen molar-refractivity contribution in [3.8, 4) is 11.4 Å². The highest BCUT2D eigenvalue weighted by Gasteiger charge is 2.11. The van der Waals surface area contributed by atoms with Gasteiger partial charge in [0.25, 0.3) is 0 Å². The molecule has 0 aliphatic carbocycles. The molecule has 0 aliphatic rings. The van der Waals surface area contributed by atoms with Crippen molar-refractivity contribution in [3.63, 3.8) is 0 Å². The molecule has 1 aromatic carbocycles. The number of hydrogen-bond donors (Lipinski definition) is 1. The summed E-state index contributed by atoms with van der Waals surface area (Å²) in [5.74, 6) is -2.03. The van der Waals surface area contributed by atoms with Gasteiger partial charge in [0.05, 0.1) is 11.5 Å². The van der Waals surface area contributed by atoms with Crippen LogP contribution in [0.4, 0.5) is 8.78 Å². The summed E-state index contributed by atoms with van der Waals surface area (Å²) in [5, 5.41) is 12.1. The van der Waals surface area contributed by atoms with E-state index in [1.165, 1.54) is 0 Å². The maximum absolute atomic E-state index is 13.0. The summed E-state index contributed by atoms with van der Waals surface area (Å²) in [6, 6.07) is 2.91. The molecular weight excluding hydrogens is 278 g/mol. The highest BCUT2D eigenvalue weighted by Crippen LogP contribution is 2.20. The molecule has 100 valence electrons. The summed E-state index contributed by atoms with van der Waals surface area (Å²) in [4.78, 5) is 14.3. The molecule has 0 bridgehead atoms. The number of hydrogen-bond acceptors (Lipinski definition) is 5. The van der Waals surface area contributed by atoms with Gasteiger partial charge in [0.15, 0.2) is 0 Å². The van der Waals surface area contributed by atoms with Crippen LogP contribution in [-0.2, 0) is 10.5 Å². The molecule has 0 fully saturated rings. The molecule has 0 atom stereocenters. The maximum Gasteiger partial charge on any atom is 0.313 e. The van der Waals surface area contributed by atoms with Gasteiger partial charge in [0, 0.05) is 11.6 Å². The number of rotatable bonds is 5. The van der Waals surface area contributed by atoms with Crippen LogP contribution in [0.2, 0.25) is 0 Å². The number of carbonyl (C=O) groups is 1. The van der Waals surface area contributed by atoms with Crippen LogP contribution >= 0.6 is 11.8 Å². The van der Waals surface area contributed by atoms with E-state index in [1.807, 2.05) is 0 Å². The molecule has 0 spiro atoms. The van der Waals surface area contributed by atoms with Crippen LogP contribution < -0.4 is 0 Å². The molecule has 0 unspecified atom stereocenters. The molecular formula is C11H8F2N2O3S. The van der Waals surface area contributed by atoms with Crippen LogP contribution in [0.3, 0.4) is 0 Å². The van der Waals surface area contributed by atoms with Gasteiger partial charge in [-0.3, -0.25) is 4.79 Å². The normalized spacial score (nSPS) is 10.6. The fourth-order valence-electron chi connectivity index (χ4n) is 1.34. The van der Waals surface area contributed by atoms with Crippen molar-refractivity contribution in [1.82, 2.24) is 10.1 Å². The Hall–Kier alpha value is -1.96. The van der Waals surface area contributed by atoms with Crippen molar-refractivity contribution in [2.24, 2.45) is 0 Å². The van der Waals surface area contributed by atoms with Gasteiger partial charge in [-0.25, -0.2) is 8.78 Å².